The van der Waals surface area contributed by atoms with Crippen molar-refractivity contribution >= 4 is 23.6 Å². The molecule has 0 unspecified atom stereocenters. The summed E-state index contributed by atoms with van der Waals surface area (Å²) in [6, 6.07) is 3.38. The monoisotopic (exact) mass is 298 g/mol. The van der Waals surface area contributed by atoms with Crippen LogP contribution in [0.15, 0.2) is 18.2 Å². The molecule has 0 aliphatic carbocycles. The average molecular weight is 299 g/mol. The Kier molecular flexibility index (Phi) is 6.94. The molecule has 1 aromatic carbocycles. The van der Waals surface area contributed by atoms with Crippen molar-refractivity contribution < 1.29 is 19.4 Å². The number of ether oxygens (including phenoxy) is 2. The van der Waals surface area contributed by atoms with Crippen molar-refractivity contribution in [3.63, 3.8) is 0 Å². The van der Waals surface area contributed by atoms with Crippen LogP contribution in [0.25, 0.3) is 6.08 Å². The summed E-state index contributed by atoms with van der Waals surface area (Å²) in [5, 5.41) is 9.05. The summed E-state index contributed by atoms with van der Waals surface area (Å²) in [7, 11) is 0. The standard InChI is InChI=1S/C15H19ClO4/c1-3-5-8-20-15-12(16)9-11(6-7-14(17)18)10-13(15)19-4-2/h6-7,9-10H,3-5,8H2,1-2H3,(H,17,18). The summed E-state index contributed by atoms with van der Waals surface area (Å²) in [6.45, 7) is 4.99. The SMILES string of the molecule is CCCCOc1c(Cl)cc(C=CC(=O)O)cc1OCC. The fourth-order valence-corrected chi connectivity index (χ4v) is 1.85. The lowest BCUT2D eigenvalue weighted by atomic mass is 10.2. The van der Waals surface area contributed by atoms with Gasteiger partial charge in [0.15, 0.2) is 11.5 Å². The van der Waals surface area contributed by atoms with Crippen LogP contribution in [0.1, 0.15) is 32.3 Å². The van der Waals surface area contributed by atoms with Crippen molar-refractivity contribution in [1.29, 1.82) is 0 Å². The van der Waals surface area contributed by atoms with E-state index in [9.17, 15) is 4.79 Å². The van der Waals surface area contributed by atoms with Gasteiger partial charge >= 0.3 is 5.97 Å². The second-order valence-corrected chi connectivity index (χ2v) is 4.54. The second kappa shape index (κ2) is 8.48. The van der Waals surface area contributed by atoms with Gasteiger partial charge in [0, 0.05) is 6.08 Å². The molecule has 0 fully saturated rings. The molecule has 1 rings (SSSR count). The van der Waals surface area contributed by atoms with Gasteiger partial charge in [-0.3, -0.25) is 0 Å². The van der Waals surface area contributed by atoms with Crippen LogP contribution in [0.4, 0.5) is 0 Å². The third-order valence-corrected chi connectivity index (χ3v) is 2.78. The maximum Gasteiger partial charge on any atom is 0.328 e. The normalized spacial score (nSPS) is 10.8. The van der Waals surface area contributed by atoms with Gasteiger partial charge in [0.2, 0.25) is 0 Å². The molecule has 20 heavy (non-hydrogen) atoms. The van der Waals surface area contributed by atoms with Crippen LogP contribution < -0.4 is 9.47 Å². The molecule has 4 nitrogen and oxygen atoms in total. The van der Waals surface area contributed by atoms with E-state index in [0.717, 1.165) is 18.9 Å². The zero-order chi connectivity index (χ0) is 15.0. The quantitative estimate of drug-likeness (QED) is 0.582. The molecule has 0 radical (unpaired) electrons. The van der Waals surface area contributed by atoms with Gasteiger partial charge in [0.05, 0.1) is 18.2 Å². The number of unbranched alkanes of at least 4 members (excludes halogenated alkanes) is 1. The molecular formula is C15H19ClO4. The Morgan fingerprint density at radius 1 is 1.35 bits per heavy atom. The van der Waals surface area contributed by atoms with Crippen LogP contribution in [-0.4, -0.2) is 24.3 Å². The topological polar surface area (TPSA) is 55.8 Å². The van der Waals surface area contributed by atoms with Gasteiger partial charge in [-0.1, -0.05) is 24.9 Å². The number of aliphatic carboxylic acids is 1. The third-order valence-electron chi connectivity index (χ3n) is 2.49. The minimum atomic E-state index is -1.01. The van der Waals surface area contributed by atoms with Gasteiger partial charge in [-0.15, -0.1) is 0 Å². The number of hydrogen-bond donors (Lipinski definition) is 1. The number of benzene rings is 1. The number of hydrogen-bond acceptors (Lipinski definition) is 3. The van der Waals surface area contributed by atoms with Crippen LogP contribution in [0, 0.1) is 0 Å². The summed E-state index contributed by atoms with van der Waals surface area (Å²) in [4.78, 5) is 10.5. The van der Waals surface area contributed by atoms with E-state index in [4.69, 9.17) is 26.2 Å². The predicted octanol–water partition coefficient (Wildman–Crippen LogP) is 4.02. The number of halogens is 1. The molecule has 5 heteroatoms. The molecule has 0 saturated heterocycles. The Labute approximate surface area is 124 Å². The molecule has 0 aromatic heterocycles. The molecule has 0 bridgehead atoms. The fourth-order valence-electron chi connectivity index (χ4n) is 1.57. The molecule has 0 aliphatic rings. The molecule has 0 heterocycles. The molecule has 0 atom stereocenters. The number of carboxylic acid groups (broad SMARTS) is 1. The second-order valence-electron chi connectivity index (χ2n) is 4.14. The minimum Gasteiger partial charge on any atom is -0.490 e. The highest BCUT2D eigenvalue weighted by molar-refractivity contribution is 6.32. The molecule has 1 aromatic rings. The summed E-state index contributed by atoms with van der Waals surface area (Å²) >= 11 is 6.18. The highest BCUT2D eigenvalue weighted by Gasteiger charge is 2.11. The minimum absolute atomic E-state index is 0.414. The molecular weight excluding hydrogens is 280 g/mol. The average Bonchev–Trinajstić information content (AvgIpc) is 2.39. The molecule has 1 N–H and O–H groups in total. The Morgan fingerprint density at radius 3 is 2.70 bits per heavy atom. The number of carboxylic acids is 1. The molecule has 0 saturated carbocycles. The largest absolute Gasteiger partial charge is 0.490 e. The molecule has 110 valence electrons. The number of carbonyl (C=O) groups is 1. The maximum absolute atomic E-state index is 10.5. The highest BCUT2D eigenvalue weighted by Crippen LogP contribution is 2.37. The zero-order valence-electron chi connectivity index (χ0n) is 11.7. The molecule has 0 amide bonds. The van der Waals surface area contributed by atoms with E-state index < -0.39 is 5.97 Å². The van der Waals surface area contributed by atoms with Crippen molar-refractivity contribution in [2.45, 2.75) is 26.7 Å². The Balaban J connectivity index is 3.01. The third kappa shape index (κ3) is 5.13. The van der Waals surface area contributed by atoms with Gasteiger partial charge in [-0.25, -0.2) is 4.79 Å². The van der Waals surface area contributed by atoms with E-state index in [-0.39, 0.29) is 0 Å². The molecule has 0 spiro atoms. The fraction of sp³-hybridized carbons (Fsp3) is 0.400. The van der Waals surface area contributed by atoms with Crippen molar-refractivity contribution in [3.05, 3.63) is 28.8 Å². The first-order valence-electron chi connectivity index (χ1n) is 6.58. The van der Waals surface area contributed by atoms with Crippen LogP contribution in [0.5, 0.6) is 11.5 Å². The van der Waals surface area contributed by atoms with E-state index in [1.807, 2.05) is 6.92 Å². The molecule has 0 aliphatic heterocycles. The van der Waals surface area contributed by atoms with Crippen molar-refractivity contribution in [1.82, 2.24) is 0 Å². The zero-order valence-corrected chi connectivity index (χ0v) is 12.4. The highest BCUT2D eigenvalue weighted by atomic mass is 35.5. The predicted molar refractivity (Wildman–Crippen MR) is 79.7 cm³/mol. The van der Waals surface area contributed by atoms with E-state index in [1.165, 1.54) is 6.08 Å². The summed E-state index contributed by atoms with van der Waals surface area (Å²) < 4.78 is 11.1. The maximum atomic E-state index is 10.5. The van der Waals surface area contributed by atoms with Crippen molar-refractivity contribution in [2.24, 2.45) is 0 Å². The van der Waals surface area contributed by atoms with E-state index in [0.29, 0.717) is 35.3 Å². The summed E-state index contributed by atoms with van der Waals surface area (Å²) in [5.41, 5.74) is 0.656. The lowest BCUT2D eigenvalue weighted by Crippen LogP contribution is -2.01. The van der Waals surface area contributed by atoms with Crippen LogP contribution >= 0.6 is 11.6 Å². The Bertz CT molecular complexity index is 483. The lowest BCUT2D eigenvalue weighted by Gasteiger charge is -2.14. The van der Waals surface area contributed by atoms with E-state index >= 15 is 0 Å². The van der Waals surface area contributed by atoms with Crippen LogP contribution in [-0.2, 0) is 4.79 Å². The van der Waals surface area contributed by atoms with E-state index in [1.54, 1.807) is 12.1 Å². The van der Waals surface area contributed by atoms with Crippen LogP contribution in [0.2, 0.25) is 5.02 Å². The smallest absolute Gasteiger partial charge is 0.328 e. The van der Waals surface area contributed by atoms with Gasteiger partial charge in [-0.05, 0) is 37.1 Å². The van der Waals surface area contributed by atoms with Crippen molar-refractivity contribution in [3.8, 4) is 11.5 Å². The first-order valence-corrected chi connectivity index (χ1v) is 6.96. The summed E-state index contributed by atoms with van der Waals surface area (Å²) in [6.07, 6.45) is 4.48. The Hall–Kier alpha value is -1.68. The Morgan fingerprint density at radius 2 is 2.10 bits per heavy atom. The lowest BCUT2D eigenvalue weighted by molar-refractivity contribution is -0.131. The van der Waals surface area contributed by atoms with Gasteiger partial charge in [-0.2, -0.15) is 0 Å². The van der Waals surface area contributed by atoms with E-state index in [2.05, 4.69) is 6.92 Å². The number of rotatable bonds is 8. The van der Waals surface area contributed by atoms with Gasteiger partial charge in [0.25, 0.3) is 0 Å². The summed E-state index contributed by atoms with van der Waals surface area (Å²) in [5.74, 6) is 0.0259. The van der Waals surface area contributed by atoms with Crippen molar-refractivity contribution in [2.75, 3.05) is 13.2 Å². The first kappa shape index (κ1) is 16.4. The van der Waals surface area contributed by atoms with Gasteiger partial charge < -0.3 is 14.6 Å². The van der Waals surface area contributed by atoms with Gasteiger partial charge in [0.1, 0.15) is 0 Å². The first-order chi connectivity index (χ1) is 9.58. The van der Waals surface area contributed by atoms with Crippen LogP contribution in [0.3, 0.4) is 0 Å².